The molecule has 0 aromatic heterocycles. The number of aryl methyl sites for hydroxylation is 2. The highest BCUT2D eigenvalue weighted by Crippen LogP contribution is 2.23. The van der Waals surface area contributed by atoms with Crippen LogP contribution in [-0.2, 0) is 9.59 Å². The van der Waals surface area contributed by atoms with Crippen LogP contribution in [0.1, 0.15) is 18.1 Å². The predicted octanol–water partition coefficient (Wildman–Crippen LogP) is 4.49. The standard InChI is InChI=1S/C26H28N4O3/c1-18-10-9-14-22(16-18)29-26(33)27-17-24(31)30(23-15-8-7-11-19(23)2)20(3)25(32)28-21-12-5-4-6-13-21/h4-16,20H,17H2,1-3H3,(H,28,32)(H2,27,29,33). The van der Waals surface area contributed by atoms with Crippen LogP contribution in [0, 0.1) is 13.8 Å². The first kappa shape index (κ1) is 23.5. The normalized spacial score (nSPS) is 11.2. The molecule has 7 nitrogen and oxygen atoms in total. The van der Waals surface area contributed by atoms with Gasteiger partial charge in [-0.3, -0.25) is 14.5 Å². The molecule has 0 saturated heterocycles. The molecule has 0 heterocycles. The fourth-order valence-corrected chi connectivity index (χ4v) is 3.42. The number of hydrogen-bond donors (Lipinski definition) is 3. The third-order valence-electron chi connectivity index (χ3n) is 5.13. The number of nitrogens with zero attached hydrogens (tertiary/aromatic N) is 1. The maximum absolute atomic E-state index is 13.2. The molecule has 0 fully saturated rings. The molecule has 0 spiro atoms. The summed E-state index contributed by atoms with van der Waals surface area (Å²) in [4.78, 5) is 39.9. The molecule has 0 aliphatic heterocycles. The van der Waals surface area contributed by atoms with Gasteiger partial charge in [-0.05, 0) is 62.2 Å². The largest absolute Gasteiger partial charge is 0.329 e. The van der Waals surface area contributed by atoms with Gasteiger partial charge in [-0.1, -0.05) is 48.5 Å². The van der Waals surface area contributed by atoms with Gasteiger partial charge >= 0.3 is 6.03 Å². The second-order valence-electron chi connectivity index (χ2n) is 7.76. The van der Waals surface area contributed by atoms with E-state index in [0.717, 1.165) is 11.1 Å². The molecule has 3 aromatic rings. The van der Waals surface area contributed by atoms with Crippen LogP contribution in [0.4, 0.5) is 21.9 Å². The van der Waals surface area contributed by atoms with E-state index in [9.17, 15) is 14.4 Å². The molecule has 0 radical (unpaired) electrons. The summed E-state index contributed by atoms with van der Waals surface area (Å²) in [6.07, 6.45) is 0. The van der Waals surface area contributed by atoms with Crippen molar-refractivity contribution < 1.29 is 14.4 Å². The van der Waals surface area contributed by atoms with Gasteiger partial charge in [0, 0.05) is 17.1 Å². The smallest absolute Gasteiger partial charge is 0.319 e. The van der Waals surface area contributed by atoms with E-state index in [2.05, 4.69) is 16.0 Å². The van der Waals surface area contributed by atoms with E-state index in [4.69, 9.17) is 0 Å². The number of carbonyl (C=O) groups is 3. The average Bonchev–Trinajstić information content (AvgIpc) is 2.79. The Morgan fingerprint density at radius 3 is 2.18 bits per heavy atom. The van der Waals surface area contributed by atoms with Gasteiger partial charge in [0.15, 0.2) is 0 Å². The van der Waals surface area contributed by atoms with Crippen molar-refractivity contribution in [2.45, 2.75) is 26.8 Å². The summed E-state index contributed by atoms with van der Waals surface area (Å²) in [5.41, 5.74) is 3.73. The Morgan fingerprint density at radius 2 is 1.48 bits per heavy atom. The van der Waals surface area contributed by atoms with Gasteiger partial charge < -0.3 is 16.0 Å². The lowest BCUT2D eigenvalue weighted by atomic mass is 10.1. The molecule has 170 valence electrons. The first-order valence-corrected chi connectivity index (χ1v) is 10.7. The Balaban J connectivity index is 1.73. The number of nitrogens with one attached hydrogen (secondary N) is 3. The third kappa shape index (κ3) is 6.43. The first-order valence-electron chi connectivity index (χ1n) is 10.7. The number of carbonyl (C=O) groups excluding carboxylic acids is 3. The zero-order chi connectivity index (χ0) is 23.8. The molecule has 4 amide bonds. The highest BCUT2D eigenvalue weighted by molar-refractivity contribution is 6.06. The average molecular weight is 445 g/mol. The zero-order valence-electron chi connectivity index (χ0n) is 19.0. The summed E-state index contributed by atoms with van der Waals surface area (Å²) >= 11 is 0. The molecule has 7 heteroatoms. The van der Waals surface area contributed by atoms with Crippen molar-refractivity contribution in [3.63, 3.8) is 0 Å². The Bertz CT molecular complexity index is 1130. The highest BCUT2D eigenvalue weighted by atomic mass is 16.2. The fourth-order valence-electron chi connectivity index (χ4n) is 3.42. The monoisotopic (exact) mass is 444 g/mol. The summed E-state index contributed by atoms with van der Waals surface area (Å²) in [5, 5.41) is 8.14. The van der Waals surface area contributed by atoms with E-state index < -0.39 is 18.0 Å². The summed E-state index contributed by atoms with van der Waals surface area (Å²) in [7, 11) is 0. The number of amides is 4. The quantitative estimate of drug-likeness (QED) is 0.502. The van der Waals surface area contributed by atoms with Crippen LogP contribution in [0.2, 0.25) is 0 Å². The summed E-state index contributed by atoms with van der Waals surface area (Å²) in [5.74, 6) is -0.735. The van der Waals surface area contributed by atoms with Gasteiger partial charge in [-0.25, -0.2) is 4.79 Å². The molecule has 0 bridgehead atoms. The van der Waals surface area contributed by atoms with Crippen LogP contribution in [0.3, 0.4) is 0 Å². The molecule has 0 saturated carbocycles. The van der Waals surface area contributed by atoms with Crippen LogP contribution in [0.15, 0.2) is 78.9 Å². The number of benzene rings is 3. The SMILES string of the molecule is Cc1cccc(NC(=O)NCC(=O)N(c2ccccc2C)C(C)C(=O)Nc2ccccc2)c1. The lowest BCUT2D eigenvalue weighted by Gasteiger charge is -2.30. The van der Waals surface area contributed by atoms with Gasteiger partial charge in [-0.2, -0.15) is 0 Å². The van der Waals surface area contributed by atoms with Crippen molar-refractivity contribution >= 4 is 34.9 Å². The maximum Gasteiger partial charge on any atom is 0.319 e. The van der Waals surface area contributed by atoms with Crippen molar-refractivity contribution in [1.82, 2.24) is 5.32 Å². The molecule has 3 N–H and O–H groups in total. The minimum Gasteiger partial charge on any atom is -0.329 e. The molecular weight excluding hydrogens is 416 g/mol. The van der Waals surface area contributed by atoms with E-state index in [1.807, 2.05) is 68.4 Å². The molecule has 33 heavy (non-hydrogen) atoms. The predicted molar refractivity (Wildman–Crippen MR) is 131 cm³/mol. The Morgan fingerprint density at radius 1 is 0.818 bits per heavy atom. The number of anilines is 3. The number of hydrogen-bond acceptors (Lipinski definition) is 3. The number of rotatable bonds is 7. The van der Waals surface area contributed by atoms with Crippen LogP contribution in [0.5, 0.6) is 0 Å². The molecule has 1 unspecified atom stereocenters. The molecule has 3 rings (SSSR count). The minimum atomic E-state index is -0.805. The van der Waals surface area contributed by atoms with E-state index in [-0.39, 0.29) is 12.5 Å². The molecule has 1 atom stereocenters. The van der Waals surface area contributed by atoms with Gasteiger partial charge in [0.25, 0.3) is 0 Å². The maximum atomic E-state index is 13.2. The van der Waals surface area contributed by atoms with Gasteiger partial charge in [0.05, 0.1) is 6.54 Å². The topological polar surface area (TPSA) is 90.5 Å². The molecular formula is C26H28N4O3. The molecule has 0 aliphatic carbocycles. The van der Waals surface area contributed by atoms with Gasteiger partial charge in [0.2, 0.25) is 11.8 Å². The van der Waals surface area contributed by atoms with Gasteiger partial charge in [0.1, 0.15) is 6.04 Å². The van der Waals surface area contributed by atoms with E-state index in [0.29, 0.717) is 17.1 Å². The Labute approximate surface area is 193 Å². The van der Waals surface area contributed by atoms with Crippen LogP contribution < -0.4 is 20.9 Å². The fraction of sp³-hybridized carbons (Fsp3) is 0.192. The summed E-state index contributed by atoms with van der Waals surface area (Å²) in [6.45, 7) is 5.19. The van der Waals surface area contributed by atoms with E-state index in [1.54, 1.807) is 31.2 Å². The van der Waals surface area contributed by atoms with Crippen molar-refractivity contribution in [1.29, 1.82) is 0 Å². The van der Waals surface area contributed by atoms with E-state index in [1.165, 1.54) is 4.90 Å². The number of para-hydroxylation sites is 2. The summed E-state index contributed by atoms with van der Waals surface area (Å²) in [6, 6.07) is 22.4. The minimum absolute atomic E-state index is 0.269. The Hall–Kier alpha value is -4.13. The second kappa shape index (κ2) is 10.9. The van der Waals surface area contributed by atoms with Crippen molar-refractivity contribution in [3.05, 3.63) is 90.0 Å². The van der Waals surface area contributed by atoms with E-state index >= 15 is 0 Å². The lowest BCUT2D eigenvalue weighted by molar-refractivity contribution is -0.122. The van der Waals surface area contributed by atoms with Crippen molar-refractivity contribution in [3.8, 4) is 0 Å². The lowest BCUT2D eigenvalue weighted by Crippen LogP contribution is -2.50. The van der Waals surface area contributed by atoms with Crippen LogP contribution in [-0.4, -0.2) is 30.4 Å². The highest BCUT2D eigenvalue weighted by Gasteiger charge is 2.28. The van der Waals surface area contributed by atoms with Crippen LogP contribution in [0.25, 0.3) is 0 Å². The first-order chi connectivity index (χ1) is 15.8. The number of urea groups is 1. The molecule has 3 aromatic carbocycles. The van der Waals surface area contributed by atoms with Gasteiger partial charge in [-0.15, -0.1) is 0 Å². The molecule has 0 aliphatic rings. The van der Waals surface area contributed by atoms with Crippen molar-refractivity contribution in [2.24, 2.45) is 0 Å². The van der Waals surface area contributed by atoms with Crippen molar-refractivity contribution in [2.75, 3.05) is 22.1 Å². The summed E-state index contributed by atoms with van der Waals surface area (Å²) < 4.78 is 0. The Kier molecular flexibility index (Phi) is 7.81. The third-order valence-corrected chi connectivity index (χ3v) is 5.13. The zero-order valence-corrected chi connectivity index (χ0v) is 19.0. The second-order valence-corrected chi connectivity index (χ2v) is 7.76. The van der Waals surface area contributed by atoms with Crippen LogP contribution >= 0.6 is 0 Å².